The average molecular weight is 264 g/mol. The van der Waals surface area contributed by atoms with Gasteiger partial charge in [0.2, 0.25) is 5.91 Å². The van der Waals surface area contributed by atoms with Crippen LogP contribution in [-0.2, 0) is 14.3 Å². The standard InChI is InChI=1S/C12H11NO6/c1-19-11(16)5-4-10(15)13-7-2-3-9(14)8(6-7)12(17)18/h2-6,14H,1H3,(H,13,15)(H,17,18)/p-1/b5-4+. The minimum Gasteiger partial charge on any atom is -0.872 e. The summed E-state index contributed by atoms with van der Waals surface area (Å²) in [4.78, 5) is 32.8. The fourth-order valence-corrected chi connectivity index (χ4v) is 1.17. The Balaban J connectivity index is 2.80. The lowest BCUT2D eigenvalue weighted by Crippen LogP contribution is -2.11. The summed E-state index contributed by atoms with van der Waals surface area (Å²) < 4.78 is 4.29. The topological polar surface area (TPSA) is 116 Å². The molecule has 7 nitrogen and oxygen atoms in total. The van der Waals surface area contributed by atoms with Crippen molar-refractivity contribution in [3.8, 4) is 5.75 Å². The van der Waals surface area contributed by atoms with Crippen molar-refractivity contribution in [2.45, 2.75) is 0 Å². The number of carboxylic acids is 1. The molecular formula is C12H10NO6-. The van der Waals surface area contributed by atoms with Crippen molar-refractivity contribution in [3.63, 3.8) is 0 Å². The van der Waals surface area contributed by atoms with Gasteiger partial charge in [0.1, 0.15) is 0 Å². The summed E-state index contributed by atoms with van der Waals surface area (Å²) >= 11 is 0. The van der Waals surface area contributed by atoms with Crippen molar-refractivity contribution in [3.05, 3.63) is 35.9 Å². The lowest BCUT2D eigenvalue weighted by Gasteiger charge is -2.11. The molecule has 1 amide bonds. The van der Waals surface area contributed by atoms with Gasteiger partial charge in [-0.3, -0.25) is 4.79 Å². The summed E-state index contributed by atoms with van der Waals surface area (Å²) in [6.07, 6.45) is 1.84. The van der Waals surface area contributed by atoms with Crippen LogP contribution in [0.25, 0.3) is 0 Å². The SMILES string of the molecule is COC(=O)/C=C/C(=O)Nc1ccc([O-])c(C(=O)O)c1. The number of aromatic carboxylic acids is 1. The van der Waals surface area contributed by atoms with Crippen molar-refractivity contribution in [1.82, 2.24) is 0 Å². The van der Waals surface area contributed by atoms with E-state index in [0.29, 0.717) is 0 Å². The van der Waals surface area contributed by atoms with Gasteiger partial charge in [-0.1, -0.05) is 11.8 Å². The average Bonchev–Trinajstić information content (AvgIpc) is 2.37. The molecule has 1 aromatic rings. The zero-order valence-electron chi connectivity index (χ0n) is 9.88. The molecule has 0 aliphatic heterocycles. The van der Waals surface area contributed by atoms with E-state index in [9.17, 15) is 19.5 Å². The Morgan fingerprint density at radius 2 is 2.00 bits per heavy atom. The first-order valence-electron chi connectivity index (χ1n) is 5.05. The number of anilines is 1. The van der Waals surface area contributed by atoms with Gasteiger partial charge >= 0.3 is 11.9 Å². The molecule has 0 saturated heterocycles. The fraction of sp³-hybridized carbons (Fsp3) is 0.0833. The molecule has 0 atom stereocenters. The molecule has 0 spiro atoms. The van der Waals surface area contributed by atoms with Crippen LogP contribution in [0.1, 0.15) is 10.4 Å². The molecule has 19 heavy (non-hydrogen) atoms. The molecule has 1 aromatic carbocycles. The van der Waals surface area contributed by atoms with Crippen LogP contribution < -0.4 is 10.4 Å². The van der Waals surface area contributed by atoms with Crippen LogP contribution in [0.2, 0.25) is 0 Å². The highest BCUT2D eigenvalue weighted by molar-refractivity contribution is 6.03. The van der Waals surface area contributed by atoms with Crippen molar-refractivity contribution in [2.75, 3.05) is 12.4 Å². The number of amides is 1. The van der Waals surface area contributed by atoms with E-state index in [1.54, 1.807) is 0 Å². The number of carbonyl (C=O) groups is 3. The number of ether oxygens (including phenoxy) is 1. The minimum atomic E-state index is -1.38. The molecule has 7 heteroatoms. The van der Waals surface area contributed by atoms with Gasteiger partial charge in [-0.05, 0) is 12.1 Å². The molecule has 0 radical (unpaired) electrons. The van der Waals surface area contributed by atoms with Crippen LogP contribution in [0, 0.1) is 0 Å². The van der Waals surface area contributed by atoms with E-state index in [0.717, 1.165) is 31.4 Å². The first-order valence-corrected chi connectivity index (χ1v) is 5.05. The van der Waals surface area contributed by atoms with Crippen molar-refractivity contribution in [2.24, 2.45) is 0 Å². The van der Waals surface area contributed by atoms with Gasteiger partial charge in [0.05, 0.1) is 12.7 Å². The van der Waals surface area contributed by atoms with Crippen LogP contribution in [0.3, 0.4) is 0 Å². The number of nitrogens with one attached hydrogen (secondary N) is 1. The highest BCUT2D eigenvalue weighted by atomic mass is 16.5. The van der Waals surface area contributed by atoms with Gasteiger partial charge < -0.3 is 20.3 Å². The Morgan fingerprint density at radius 3 is 2.58 bits per heavy atom. The molecule has 0 fully saturated rings. The summed E-state index contributed by atoms with van der Waals surface area (Å²) in [5, 5.41) is 22.2. The van der Waals surface area contributed by atoms with Crippen molar-refractivity contribution >= 4 is 23.5 Å². The first kappa shape index (κ1) is 14.2. The van der Waals surface area contributed by atoms with Crippen LogP contribution in [0.15, 0.2) is 30.4 Å². The zero-order valence-corrected chi connectivity index (χ0v) is 9.88. The van der Waals surface area contributed by atoms with Gasteiger partial charge in [-0.2, -0.15) is 0 Å². The molecule has 1 rings (SSSR count). The summed E-state index contributed by atoms with van der Waals surface area (Å²) in [5.41, 5.74) is -0.314. The Bertz CT molecular complexity index is 549. The number of hydrogen-bond acceptors (Lipinski definition) is 5. The molecule has 0 bridgehead atoms. The summed E-state index contributed by atoms with van der Waals surface area (Å²) in [6, 6.07) is 3.33. The largest absolute Gasteiger partial charge is 0.872 e. The first-order chi connectivity index (χ1) is 8.93. The molecule has 0 heterocycles. The lowest BCUT2D eigenvalue weighted by atomic mass is 10.2. The van der Waals surface area contributed by atoms with Crippen LogP contribution >= 0.6 is 0 Å². The van der Waals surface area contributed by atoms with Gasteiger partial charge in [-0.15, -0.1) is 0 Å². The molecule has 2 N–H and O–H groups in total. The number of esters is 1. The van der Waals surface area contributed by atoms with E-state index in [1.807, 2.05) is 0 Å². The number of carbonyl (C=O) groups excluding carboxylic acids is 2. The van der Waals surface area contributed by atoms with E-state index in [1.165, 1.54) is 6.07 Å². The molecule has 0 aromatic heterocycles. The third-order valence-electron chi connectivity index (χ3n) is 2.05. The molecule has 100 valence electrons. The normalized spacial score (nSPS) is 10.2. The summed E-state index contributed by atoms with van der Waals surface area (Å²) in [6.45, 7) is 0. The maximum atomic E-state index is 11.4. The summed E-state index contributed by atoms with van der Waals surface area (Å²) in [5.74, 6) is -3.39. The van der Waals surface area contributed by atoms with Gasteiger partial charge in [-0.25, -0.2) is 9.59 Å². The van der Waals surface area contributed by atoms with E-state index in [2.05, 4.69) is 10.1 Å². The van der Waals surface area contributed by atoms with Gasteiger partial charge in [0.15, 0.2) is 0 Å². The predicted molar refractivity (Wildman–Crippen MR) is 62.6 cm³/mol. The quantitative estimate of drug-likeness (QED) is 0.589. The molecule has 0 unspecified atom stereocenters. The highest BCUT2D eigenvalue weighted by Gasteiger charge is 2.06. The monoisotopic (exact) mass is 264 g/mol. The summed E-state index contributed by atoms with van der Waals surface area (Å²) in [7, 11) is 1.16. The van der Waals surface area contributed by atoms with Gasteiger partial charge in [0, 0.05) is 17.8 Å². The Labute approximate surface area is 108 Å². The van der Waals surface area contributed by atoms with Crippen LogP contribution in [0.5, 0.6) is 5.75 Å². The van der Waals surface area contributed by atoms with Crippen LogP contribution in [-0.4, -0.2) is 30.1 Å². The van der Waals surface area contributed by atoms with E-state index < -0.39 is 29.2 Å². The fourth-order valence-electron chi connectivity index (χ4n) is 1.17. The van der Waals surface area contributed by atoms with Crippen LogP contribution in [0.4, 0.5) is 5.69 Å². The number of benzene rings is 1. The Kier molecular flexibility index (Phi) is 4.64. The molecular weight excluding hydrogens is 254 g/mol. The number of methoxy groups -OCH3 is 1. The zero-order chi connectivity index (χ0) is 14.4. The molecule has 0 aliphatic carbocycles. The second kappa shape index (κ2) is 6.20. The number of rotatable bonds is 4. The minimum absolute atomic E-state index is 0.136. The maximum absolute atomic E-state index is 11.4. The maximum Gasteiger partial charge on any atom is 0.335 e. The number of carboxylic acid groups (broad SMARTS) is 1. The Morgan fingerprint density at radius 1 is 1.32 bits per heavy atom. The number of hydrogen-bond donors (Lipinski definition) is 2. The van der Waals surface area contributed by atoms with Gasteiger partial charge in [0.25, 0.3) is 0 Å². The van der Waals surface area contributed by atoms with Crippen molar-refractivity contribution in [1.29, 1.82) is 0 Å². The second-order valence-electron chi connectivity index (χ2n) is 3.36. The predicted octanol–water partition coefficient (Wildman–Crippen LogP) is 0.126. The second-order valence-corrected chi connectivity index (χ2v) is 3.36. The Hall–Kier alpha value is -2.83. The third-order valence-corrected chi connectivity index (χ3v) is 2.05. The molecule has 0 aliphatic rings. The highest BCUT2D eigenvalue weighted by Crippen LogP contribution is 2.19. The molecule has 0 saturated carbocycles. The van der Waals surface area contributed by atoms with Crippen molar-refractivity contribution < 1.29 is 29.3 Å². The van der Waals surface area contributed by atoms with E-state index in [4.69, 9.17) is 5.11 Å². The lowest BCUT2D eigenvalue weighted by molar-refractivity contribution is -0.268. The smallest absolute Gasteiger partial charge is 0.335 e. The van der Waals surface area contributed by atoms with E-state index >= 15 is 0 Å². The van der Waals surface area contributed by atoms with E-state index in [-0.39, 0.29) is 5.69 Å². The third kappa shape index (κ3) is 4.15.